The van der Waals surface area contributed by atoms with Crippen LogP contribution in [0.15, 0.2) is 67.3 Å². The predicted octanol–water partition coefficient (Wildman–Crippen LogP) is 8.63. The first-order valence-corrected chi connectivity index (χ1v) is 10.4. The maximum atomic E-state index is 12.5. The van der Waals surface area contributed by atoms with Crippen molar-refractivity contribution in [1.82, 2.24) is 0 Å². The second-order valence-corrected chi connectivity index (χ2v) is 8.51. The largest absolute Gasteiger partial charge is 0.266 e. The predicted molar refractivity (Wildman–Crippen MR) is 110 cm³/mol. The quantitative estimate of drug-likeness (QED) is 0.341. The minimum atomic E-state index is -1.71. The highest BCUT2D eigenvalue weighted by atomic mass is 79.9. The highest BCUT2D eigenvalue weighted by molar-refractivity contribution is 9.11. The lowest BCUT2D eigenvalue weighted by Gasteiger charge is -2.15. The molecule has 7 heteroatoms. The second kappa shape index (κ2) is 9.94. The molecule has 0 saturated carbocycles. The van der Waals surface area contributed by atoms with Crippen molar-refractivity contribution in [3.05, 3.63) is 79.8 Å². The number of hydrogen-bond acceptors (Lipinski definition) is 1. The van der Waals surface area contributed by atoms with Gasteiger partial charge in [-0.1, -0.05) is 23.9 Å². The molecule has 0 saturated heterocycles. The molecule has 144 valence electrons. The van der Waals surface area contributed by atoms with Crippen LogP contribution in [0.1, 0.15) is 22.3 Å². The van der Waals surface area contributed by atoms with E-state index in [1.165, 1.54) is 11.8 Å². The number of rotatable bonds is 6. The molecule has 0 N–H and O–H groups in total. The summed E-state index contributed by atoms with van der Waals surface area (Å²) in [6, 6.07) is 7.60. The van der Waals surface area contributed by atoms with E-state index in [0.29, 0.717) is 0 Å². The van der Waals surface area contributed by atoms with Crippen LogP contribution in [-0.2, 0) is 12.8 Å². The molecule has 0 aliphatic heterocycles. The normalized spacial score (nSPS) is 10.7. The molecule has 0 radical (unpaired) electrons. The van der Waals surface area contributed by atoms with E-state index in [0.717, 1.165) is 53.1 Å². The lowest BCUT2D eigenvalue weighted by atomic mass is 10.1. The molecule has 2 aromatic carbocycles. The Labute approximate surface area is 177 Å². The second-order valence-electron chi connectivity index (χ2n) is 5.84. The molecular formula is C20H16Br2F4S. The molecule has 27 heavy (non-hydrogen) atoms. The van der Waals surface area contributed by atoms with Gasteiger partial charge in [-0.2, -0.15) is 17.6 Å². The molecule has 0 fully saturated rings. The fraction of sp³-hybridized carbons (Fsp3) is 0.200. The Morgan fingerprint density at radius 3 is 1.48 bits per heavy atom. The van der Waals surface area contributed by atoms with Crippen molar-refractivity contribution in [2.45, 2.75) is 36.5 Å². The van der Waals surface area contributed by atoms with Crippen molar-refractivity contribution in [2.75, 3.05) is 0 Å². The van der Waals surface area contributed by atoms with Gasteiger partial charge in [0.15, 0.2) is 0 Å². The molecule has 0 amide bonds. The monoisotopic (exact) mass is 522 g/mol. The van der Waals surface area contributed by atoms with Crippen LogP contribution in [0.2, 0.25) is 0 Å². The Morgan fingerprint density at radius 2 is 1.15 bits per heavy atom. The Kier molecular flexibility index (Phi) is 8.19. The summed E-state index contributed by atoms with van der Waals surface area (Å²) in [5, 5.41) is 0. The maximum Gasteiger partial charge on any atom is 0.266 e. The van der Waals surface area contributed by atoms with E-state index in [1.54, 1.807) is 0 Å². The van der Waals surface area contributed by atoms with Crippen LogP contribution in [0, 0.1) is 13.8 Å². The fourth-order valence-electron chi connectivity index (χ4n) is 2.53. The standard InChI is InChI=1S/C20H16Br2F4S/c1-11-3-7-15(19(21)13(11)5-9-17(23)24)27-16-8-4-12(2)14(20(16)22)6-10-18(25)26/h3-4,7-10H,5-6H2,1-2H3. The first kappa shape index (κ1) is 22.2. The summed E-state index contributed by atoms with van der Waals surface area (Å²) in [5.74, 6) is 0. The van der Waals surface area contributed by atoms with Gasteiger partial charge in [-0.15, -0.1) is 0 Å². The topological polar surface area (TPSA) is 0 Å². The number of benzene rings is 2. The van der Waals surface area contributed by atoms with Crippen LogP contribution in [-0.4, -0.2) is 0 Å². The number of aryl methyl sites for hydroxylation is 2. The zero-order valence-electron chi connectivity index (χ0n) is 14.6. The van der Waals surface area contributed by atoms with E-state index in [1.807, 2.05) is 38.1 Å². The van der Waals surface area contributed by atoms with Crippen LogP contribution in [0.4, 0.5) is 17.6 Å². The Balaban J connectivity index is 2.40. The van der Waals surface area contributed by atoms with Gasteiger partial charge >= 0.3 is 0 Å². The van der Waals surface area contributed by atoms with Gasteiger partial charge in [-0.25, -0.2) is 0 Å². The summed E-state index contributed by atoms with van der Waals surface area (Å²) in [5.41, 5.74) is 3.41. The minimum absolute atomic E-state index is 0.129. The van der Waals surface area contributed by atoms with Crippen LogP contribution in [0.3, 0.4) is 0 Å². The van der Waals surface area contributed by atoms with Crippen LogP contribution >= 0.6 is 43.6 Å². The average Bonchev–Trinajstić information content (AvgIpc) is 2.58. The highest BCUT2D eigenvalue weighted by Gasteiger charge is 2.14. The van der Waals surface area contributed by atoms with E-state index in [9.17, 15) is 17.6 Å². The SMILES string of the molecule is Cc1ccc(Sc2ccc(C)c(CC=C(F)F)c2Br)c(Br)c1CC=C(F)F. The van der Waals surface area contributed by atoms with E-state index < -0.39 is 12.2 Å². The Hall–Kier alpha value is -1.05. The van der Waals surface area contributed by atoms with Crippen LogP contribution in [0.5, 0.6) is 0 Å². The maximum absolute atomic E-state index is 12.5. The van der Waals surface area contributed by atoms with Gasteiger partial charge in [-0.3, -0.25) is 0 Å². The van der Waals surface area contributed by atoms with Crippen molar-refractivity contribution in [3.8, 4) is 0 Å². The molecule has 0 aliphatic rings. The zero-order valence-corrected chi connectivity index (χ0v) is 18.5. The summed E-state index contributed by atoms with van der Waals surface area (Å²) >= 11 is 8.50. The number of allylic oxidation sites excluding steroid dienone is 2. The molecule has 0 nitrogen and oxygen atoms in total. The van der Waals surface area contributed by atoms with Gasteiger partial charge in [0, 0.05) is 18.7 Å². The lowest BCUT2D eigenvalue weighted by molar-refractivity contribution is 0.418. The first-order chi connectivity index (χ1) is 12.7. The van der Waals surface area contributed by atoms with Crippen molar-refractivity contribution < 1.29 is 17.6 Å². The highest BCUT2D eigenvalue weighted by Crippen LogP contribution is 2.41. The number of halogens is 6. The summed E-state index contributed by atoms with van der Waals surface area (Å²) in [4.78, 5) is 1.73. The number of hydrogen-bond donors (Lipinski definition) is 0. The van der Waals surface area contributed by atoms with Crippen molar-refractivity contribution >= 4 is 43.6 Å². The van der Waals surface area contributed by atoms with Crippen LogP contribution in [0.25, 0.3) is 0 Å². The summed E-state index contributed by atoms with van der Waals surface area (Å²) < 4.78 is 51.4. The summed E-state index contributed by atoms with van der Waals surface area (Å²) in [6.07, 6.45) is -1.39. The Bertz CT molecular complexity index is 826. The van der Waals surface area contributed by atoms with E-state index >= 15 is 0 Å². The molecule has 0 spiro atoms. The molecule has 0 aromatic heterocycles. The van der Waals surface area contributed by atoms with Gasteiger partial charge in [-0.05, 0) is 105 Å². The fourth-order valence-corrected chi connectivity index (χ4v) is 5.16. The molecular weight excluding hydrogens is 508 g/mol. The molecule has 0 unspecified atom stereocenters. The van der Waals surface area contributed by atoms with Gasteiger partial charge in [0.2, 0.25) is 0 Å². The van der Waals surface area contributed by atoms with Gasteiger partial charge in [0.1, 0.15) is 0 Å². The third-order valence-corrected chi connectivity index (χ3v) is 7.48. The average molecular weight is 524 g/mol. The first-order valence-electron chi connectivity index (χ1n) is 7.96. The van der Waals surface area contributed by atoms with Crippen molar-refractivity contribution in [2.24, 2.45) is 0 Å². The van der Waals surface area contributed by atoms with Crippen molar-refractivity contribution in [1.29, 1.82) is 0 Å². The van der Waals surface area contributed by atoms with Crippen molar-refractivity contribution in [3.63, 3.8) is 0 Å². The van der Waals surface area contributed by atoms with Gasteiger partial charge in [0.05, 0.1) is 0 Å². The van der Waals surface area contributed by atoms with E-state index in [4.69, 9.17) is 0 Å². The van der Waals surface area contributed by atoms with Gasteiger partial charge in [0.25, 0.3) is 12.2 Å². The summed E-state index contributed by atoms with van der Waals surface area (Å²) in [6.45, 7) is 3.74. The van der Waals surface area contributed by atoms with E-state index in [-0.39, 0.29) is 12.8 Å². The zero-order chi connectivity index (χ0) is 20.1. The lowest BCUT2D eigenvalue weighted by Crippen LogP contribution is -1.94. The van der Waals surface area contributed by atoms with Crippen LogP contribution < -0.4 is 0 Å². The van der Waals surface area contributed by atoms with Gasteiger partial charge < -0.3 is 0 Å². The third kappa shape index (κ3) is 5.96. The molecule has 2 rings (SSSR count). The summed E-state index contributed by atoms with van der Waals surface area (Å²) in [7, 11) is 0. The molecule has 0 bridgehead atoms. The molecule has 0 aliphatic carbocycles. The molecule has 0 heterocycles. The smallest absolute Gasteiger partial charge is 0.174 e. The molecule has 2 aromatic rings. The minimum Gasteiger partial charge on any atom is -0.174 e. The third-order valence-electron chi connectivity index (χ3n) is 4.02. The Morgan fingerprint density at radius 1 is 0.778 bits per heavy atom. The van der Waals surface area contributed by atoms with E-state index in [2.05, 4.69) is 31.9 Å². The molecule has 0 atom stereocenters.